The molecule has 1 saturated heterocycles. The fourth-order valence-electron chi connectivity index (χ4n) is 5.99. The van der Waals surface area contributed by atoms with E-state index < -0.39 is 4.75 Å². The molecule has 3 heterocycles. The van der Waals surface area contributed by atoms with Crippen LogP contribution in [0.5, 0.6) is 0 Å². The first-order valence-corrected chi connectivity index (χ1v) is 12.6. The minimum Gasteiger partial charge on any atom is -0.361 e. The Bertz CT molecular complexity index is 868. The molecule has 166 valence electrons. The molecule has 0 spiro atoms. The van der Waals surface area contributed by atoms with Crippen LogP contribution in [0, 0.1) is 17.8 Å². The van der Waals surface area contributed by atoms with Gasteiger partial charge < -0.3 is 10.2 Å². The summed E-state index contributed by atoms with van der Waals surface area (Å²) in [5, 5.41) is 4.45. The lowest BCUT2D eigenvalue weighted by Crippen LogP contribution is -2.41. The van der Waals surface area contributed by atoms with E-state index in [0.717, 1.165) is 54.9 Å². The van der Waals surface area contributed by atoms with Gasteiger partial charge in [-0.3, -0.25) is 14.6 Å². The zero-order valence-corrected chi connectivity index (χ0v) is 19.1. The molecule has 5 rings (SSSR count). The number of nitrogens with zero attached hydrogens (tertiary/aromatic N) is 3. The van der Waals surface area contributed by atoms with E-state index >= 15 is 0 Å². The van der Waals surface area contributed by atoms with E-state index in [2.05, 4.69) is 22.2 Å². The third kappa shape index (κ3) is 4.52. The van der Waals surface area contributed by atoms with Gasteiger partial charge in [0, 0.05) is 31.5 Å². The van der Waals surface area contributed by atoms with Crippen LogP contribution < -0.4 is 5.32 Å². The molecule has 31 heavy (non-hydrogen) atoms. The summed E-state index contributed by atoms with van der Waals surface area (Å²) in [6, 6.07) is 4.31. The van der Waals surface area contributed by atoms with Crippen LogP contribution in [0.2, 0.25) is 0 Å². The number of amides is 2. The minimum absolute atomic E-state index is 0.0133. The van der Waals surface area contributed by atoms with E-state index in [0.29, 0.717) is 18.4 Å². The molecule has 2 bridgehead atoms. The van der Waals surface area contributed by atoms with Crippen molar-refractivity contribution >= 4 is 28.7 Å². The standard InChI is InChI=1S/C24H32N4O2S/c1-24(22(30)27-23(31-24)26-20-13-18-2-3-19(20)12-18)15-17-6-10-28(11-7-17)21(29)14-16-4-8-25-9-5-16/h4-5,8-9,17-20H,2-3,6-7,10-15H2,1H3,(H,26,27,30)/t18-,19-,20-,24?/m0/s1. The Labute approximate surface area is 188 Å². The molecule has 7 heteroatoms. The number of pyridine rings is 1. The monoisotopic (exact) mass is 440 g/mol. The smallest absolute Gasteiger partial charge is 0.264 e. The maximum atomic E-state index is 12.8. The van der Waals surface area contributed by atoms with Crippen molar-refractivity contribution in [2.75, 3.05) is 13.1 Å². The SMILES string of the molecule is CC1(CC2CCN(C(=O)Cc3ccncc3)CC2)SC(N[C@H]2C[C@H]3CC[C@H]2C3)=NC1=O. The average Bonchev–Trinajstić information content (AvgIpc) is 3.44. The van der Waals surface area contributed by atoms with Gasteiger partial charge >= 0.3 is 0 Å². The number of aliphatic imine (C=N–C) groups is 1. The summed E-state index contributed by atoms with van der Waals surface area (Å²) in [6.45, 7) is 3.61. The van der Waals surface area contributed by atoms with Crippen LogP contribution in [0.1, 0.15) is 57.4 Å². The molecule has 6 nitrogen and oxygen atoms in total. The molecule has 2 saturated carbocycles. The predicted octanol–water partition coefficient (Wildman–Crippen LogP) is 3.42. The first kappa shape index (κ1) is 21.0. The summed E-state index contributed by atoms with van der Waals surface area (Å²) in [5.41, 5.74) is 1.01. The van der Waals surface area contributed by atoms with E-state index in [1.807, 2.05) is 17.0 Å². The Morgan fingerprint density at radius 2 is 1.97 bits per heavy atom. The molecule has 2 aliphatic carbocycles. The van der Waals surface area contributed by atoms with Crippen molar-refractivity contribution in [3.8, 4) is 0 Å². The van der Waals surface area contributed by atoms with E-state index in [1.54, 1.807) is 24.2 Å². The van der Waals surface area contributed by atoms with Gasteiger partial charge in [-0.15, -0.1) is 0 Å². The second kappa shape index (κ2) is 8.57. The molecule has 0 radical (unpaired) electrons. The van der Waals surface area contributed by atoms with Gasteiger partial charge in [0.1, 0.15) is 4.75 Å². The van der Waals surface area contributed by atoms with Gasteiger partial charge in [0.25, 0.3) is 5.91 Å². The van der Waals surface area contributed by atoms with Gasteiger partial charge in [0.15, 0.2) is 5.17 Å². The lowest BCUT2D eigenvalue weighted by atomic mass is 9.87. The van der Waals surface area contributed by atoms with Gasteiger partial charge in [0.2, 0.25) is 5.91 Å². The maximum Gasteiger partial charge on any atom is 0.264 e. The van der Waals surface area contributed by atoms with Crippen molar-refractivity contribution in [3.05, 3.63) is 30.1 Å². The lowest BCUT2D eigenvalue weighted by molar-refractivity contribution is -0.132. The van der Waals surface area contributed by atoms with E-state index in [-0.39, 0.29) is 11.8 Å². The highest BCUT2D eigenvalue weighted by Gasteiger charge is 2.46. The molecule has 2 aliphatic heterocycles. The van der Waals surface area contributed by atoms with E-state index in [4.69, 9.17) is 0 Å². The van der Waals surface area contributed by atoms with Gasteiger partial charge in [-0.25, -0.2) is 0 Å². The third-order valence-corrected chi connectivity index (χ3v) is 8.97. The van der Waals surface area contributed by atoms with Crippen LogP contribution in [0.4, 0.5) is 0 Å². The summed E-state index contributed by atoms with van der Waals surface area (Å²) < 4.78 is -0.464. The molecule has 1 aromatic rings. The molecule has 0 aromatic carbocycles. The molecule has 4 aliphatic rings. The fraction of sp³-hybridized carbons (Fsp3) is 0.667. The Hall–Kier alpha value is -1.89. The first-order valence-electron chi connectivity index (χ1n) is 11.7. The normalized spacial score (nSPS) is 33.1. The molecular formula is C24H32N4O2S. The predicted molar refractivity (Wildman–Crippen MR) is 123 cm³/mol. The number of likely N-dealkylation sites (tertiary alicyclic amines) is 1. The quantitative estimate of drug-likeness (QED) is 0.759. The number of rotatable bonds is 5. The molecular weight excluding hydrogens is 408 g/mol. The first-order chi connectivity index (χ1) is 15.0. The van der Waals surface area contributed by atoms with Gasteiger partial charge in [-0.05, 0) is 80.9 Å². The van der Waals surface area contributed by atoms with Crippen molar-refractivity contribution < 1.29 is 9.59 Å². The number of amidine groups is 1. The topological polar surface area (TPSA) is 74.7 Å². The van der Waals surface area contributed by atoms with Crippen molar-refractivity contribution in [2.45, 2.75) is 69.1 Å². The van der Waals surface area contributed by atoms with Crippen molar-refractivity contribution in [2.24, 2.45) is 22.7 Å². The van der Waals surface area contributed by atoms with Crippen LogP contribution in [-0.2, 0) is 16.0 Å². The highest BCUT2D eigenvalue weighted by atomic mass is 32.2. The van der Waals surface area contributed by atoms with Gasteiger partial charge in [-0.1, -0.05) is 18.2 Å². The summed E-state index contributed by atoms with van der Waals surface area (Å²) in [6.07, 6.45) is 11.9. The second-order valence-electron chi connectivity index (χ2n) is 10.0. The highest BCUT2D eigenvalue weighted by molar-refractivity contribution is 8.16. The zero-order chi connectivity index (χ0) is 21.4. The minimum atomic E-state index is -0.464. The summed E-state index contributed by atoms with van der Waals surface area (Å²) >= 11 is 1.64. The van der Waals surface area contributed by atoms with Gasteiger partial charge in [0.05, 0.1) is 6.42 Å². The lowest BCUT2D eigenvalue weighted by Gasteiger charge is -2.35. The maximum absolute atomic E-state index is 12.8. The van der Waals surface area contributed by atoms with Gasteiger partial charge in [-0.2, -0.15) is 4.99 Å². The average molecular weight is 441 g/mol. The van der Waals surface area contributed by atoms with Crippen LogP contribution in [0.25, 0.3) is 0 Å². The zero-order valence-electron chi connectivity index (χ0n) is 18.3. The summed E-state index contributed by atoms with van der Waals surface area (Å²) in [5.74, 6) is 2.30. The second-order valence-corrected chi connectivity index (χ2v) is 11.5. The largest absolute Gasteiger partial charge is 0.361 e. The molecule has 2 amide bonds. The highest BCUT2D eigenvalue weighted by Crippen LogP contribution is 2.46. The molecule has 1 aromatic heterocycles. The Kier molecular flexibility index (Phi) is 5.80. The number of carbonyl (C=O) groups excluding carboxylic acids is 2. The number of piperidine rings is 1. The van der Waals surface area contributed by atoms with Crippen LogP contribution in [-0.4, -0.2) is 50.7 Å². The van der Waals surface area contributed by atoms with Crippen molar-refractivity contribution in [1.82, 2.24) is 15.2 Å². The van der Waals surface area contributed by atoms with Crippen LogP contribution in [0.3, 0.4) is 0 Å². The fourth-order valence-corrected chi connectivity index (χ4v) is 7.20. The number of carbonyl (C=O) groups is 2. The van der Waals surface area contributed by atoms with Crippen molar-refractivity contribution in [1.29, 1.82) is 0 Å². The Morgan fingerprint density at radius 1 is 1.19 bits per heavy atom. The van der Waals surface area contributed by atoms with E-state index in [9.17, 15) is 9.59 Å². The number of thioether (sulfide) groups is 1. The molecule has 4 atom stereocenters. The number of aromatic nitrogens is 1. The summed E-state index contributed by atoms with van der Waals surface area (Å²) in [7, 11) is 0. The molecule has 1 unspecified atom stereocenters. The van der Waals surface area contributed by atoms with Crippen molar-refractivity contribution in [3.63, 3.8) is 0 Å². The Morgan fingerprint density at radius 3 is 2.65 bits per heavy atom. The number of fused-ring (bicyclic) bond motifs is 2. The number of hydrogen-bond donors (Lipinski definition) is 1. The number of hydrogen-bond acceptors (Lipinski definition) is 5. The molecule has 3 fully saturated rings. The Balaban J connectivity index is 1.10. The summed E-state index contributed by atoms with van der Waals surface area (Å²) in [4.78, 5) is 35.8. The number of nitrogens with one attached hydrogen (secondary N) is 1. The third-order valence-electron chi connectivity index (χ3n) is 7.77. The van der Waals surface area contributed by atoms with Crippen LogP contribution >= 0.6 is 11.8 Å². The van der Waals surface area contributed by atoms with E-state index in [1.165, 1.54) is 25.7 Å². The van der Waals surface area contributed by atoms with Crippen LogP contribution in [0.15, 0.2) is 29.5 Å². The molecule has 1 N–H and O–H groups in total.